The number of nitrogens with one attached hydrogen (secondary N) is 2. The third-order valence-electron chi connectivity index (χ3n) is 5.49. The zero-order valence-corrected chi connectivity index (χ0v) is 17.5. The molecule has 0 saturated carbocycles. The Morgan fingerprint density at radius 3 is 2.94 bits per heavy atom. The van der Waals surface area contributed by atoms with Crippen molar-refractivity contribution in [2.75, 3.05) is 18.5 Å². The SMILES string of the molecule is C[C@H](CO)n1cnc2c(NCCc3c[nH]c4ccccc34)nc(-c3cncc(F)c3)nc21. The van der Waals surface area contributed by atoms with Crippen molar-refractivity contribution in [1.82, 2.24) is 29.5 Å². The lowest BCUT2D eigenvalue weighted by atomic mass is 10.1. The van der Waals surface area contributed by atoms with Gasteiger partial charge in [-0.25, -0.2) is 19.3 Å². The molecule has 32 heavy (non-hydrogen) atoms. The van der Waals surface area contributed by atoms with Crippen LogP contribution < -0.4 is 5.32 Å². The Morgan fingerprint density at radius 2 is 2.09 bits per heavy atom. The molecule has 0 unspecified atom stereocenters. The normalized spacial score (nSPS) is 12.5. The van der Waals surface area contributed by atoms with Crippen LogP contribution >= 0.6 is 0 Å². The molecule has 9 heteroatoms. The first kappa shape index (κ1) is 20.1. The van der Waals surface area contributed by atoms with Crippen LogP contribution in [0.4, 0.5) is 10.2 Å². The van der Waals surface area contributed by atoms with E-state index in [2.05, 4.69) is 42.4 Å². The van der Waals surface area contributed by atoms with Gasteiger partial charge in [-0.2, -0.15) is 0 Å². The fourth-order valence-corrected chi connectivity index (χ4v) is 3.77. The fraction of sp³-hybridized carbons (Fsp3) is 0.217. The van der Waals surface area contributed by atoms with Crippen LogP contribution in [0.15, 0.2) is 55.2 Å². The van der Waals surface area contributed by atoms with Crippen molar-refractivity contribution in [3.8, 4) is 11.4 Å². The Labute approximate surface area is 183 Å². The Bertz CT molecular complexity index is 1390. The summed E-state index contributed by atoms with van der Waals surface area (Å²) >= 11 is 0. The van der Waals surface area contributed by atoms with E-state index in [0.717, 1.165) is 18.1 Å². The highest BCUT2D eigenvalue weighted by molar-refractivity contribution is 5.85. The average Bonchev–Trinajstić information content (AvgIpc) is 3.43. The average molecular weight is 431 g/mol. The summed E-state index contributed by atoms with van der Waals surface area (Å²) in [7, 11) is 0. The van der Waals surface area contributed by atoms with Gasteiger partial charge in [0.25, 0.3) is 0 Å². The van der Waals surface area contributed by atoms with Gasteiger partial charge in [0.15, 0.2) is 17.3 Å². The highest BCUT2D eigenvalue weighted by Gasteiger charge is 2.17. The van der Waals surface area contributed by atoms with Gasteiger partial charge in [0, 0.05) is 35.4 Å². The lowest BCUT2D eigenvalue weighted by Crippen LogP contribution is -2.11. The van der Waals surface area contributed by atoms with Crippen LogP contribution in [0.2, 0.25) is 0 Å². The summed E-state index contributed by atoms with van der Waals surface area (Å²) in [5.74, 6) is 0.432. The first-order valence-corrected chi connectivity index (χ1v) is 10.4. The molecule has 0 bridgehead atoms. The number of aliphatic hydroxyl groups is 1. The third kappa shape index (κ3) is 3.67. The molecule has 0 saturated heterocycles. The number of para-hydroxylation sites is 1. The van der Waals surface area contributed by atoms with Crippen LogP contribution in [0.25, 0.3) is 33.5 Å². The second-order valence-electron chi connectivity index (χ2n) is 7.68. The molecule has 0 amide bonds. The summed E-state index contributed by atoms with van der Waals surface area (Å²) in [6.07, 6.45) is 7.10. The Hall–Kier alpha value is -3.85. The Kier molecular flexibility index (Phi) is 5.24. The molecule has 162 valence electrons. The molecule has 0 fully saturated rings. The van der Waals surface area contributed by atoms with Gasteiger partial charge in [-0.1, -0.05) is 18.2 Å². The number of nitrogens with zero attached hydrogens (tertiary/aromatic N) is 5. The van der Waals surface area contributed by atoms with E-state index in [4.69, 9.17) is 0 Å². The number of aromatic amines is 1. The number of hydrogen-bond acceptors (Lipinski definition) is 6. The molecule has 1 aromatic carbocycles. The summed E-state index contributed by atoms with van der Waals surface area (Å²) < 4.78 is 15.6. The van der Waals surface area contributed by atoms with Crippen LogP contribution in [0.3, 0.4) is 0 Å². The van der Waals surface area contributed by atoms with Crippen molar-refractivity contribution >= 4 is 27.9 Å². The van der Waals surface area contributed by atoms with Crippen LogP contribution in [-0.2, 0) is 6.42 Å². The molecule has 5 rings (SSSR count). The highest BCUT2D eigenvalue weighted by Crippen LogP contribution is 2.26. The van der Waals surface area contributed by atoms with E-state index in [1.54, 1.807) is 10.9 Å². The van der Waals surface area contributed by atoms with Crippen molar-refractivity contribution in [2.45, 2.75) is 19.4 Å². The molecule has 0 radical (unpaired) electrons. The number of pyridine rings is 1. The second kappa shape index (κ2) is 8.35. The van der Waals surface area contributed by atoms with E-state index in [1.807, 2.05) is 25.3 Å². The molecule has 0 spiro atoms. The van der Waals surface area contributed by atoms with Gasteiger partial charge in [0.1, 0.15) is 11.3 Å². The molecular weight excluding hydrogens is 409 g/mol. The van der Waals surface area contributed by atoms with E-state index in [1.165, 1.54) is 23.2 Å². The second-order valence-corrected chi connectivity index (χ2v) is 7.68. The van der Waals surface area contributed by atoms with E-state index >= 15 is 0 Å². The lowest BCUT2D eigenvalue weighted by molar-refractivity contribution is 0.241. The lowest BCUT2D eigenvalue weighted by Gasteiger charge is -2.12. The van der Waals surface area contributed by atoms with Gasteiger partial charge in [-0.05, 0) is 31.0 Å². The summed E-state index contributed by atoms with van der Waals surface area (Å²) in [5.41, 5.74) is 3.93. The van der Waals surface area contributed by atoms with Gasteiger partial charge in [0.05, 0.1) is 25.2 Å². The van der Waals surface area contributed by atoms with E-state index in [9.17, 15) is 9.50 Å². The fourth-order valence-electron chi connectivity index (χ4n) is 3.77. The van der Waals surface area contributed by atoms with Gasteiger partial charge in [-0.15, -0.1) is 0 Å². The standard InChI is InChI=1S/C23H22FN7O/c1-14(12-32)31-13-28-20-22(26-7-6-15-10-27-19-5-3-2-4-18(15)19)29-21(30-23(20)31)16-8-17(24)11-25-9-16/h2-5,8-11,13-14,27,32H,6-7,12H2,1H3,(H,26,29,30)/t14-/m1/s1. The maximum atomic E-state index is 13.8. The maximum Gasteiger partial charge on any atom is 0.166 e. The largest absolute Gasteiger partial charge is 0.394 e. The number of rotatable bonds is 7. The first-order chi connectivity index (χ1) is 15.6. The molecule has 0 aliphatic rings. The molecule has 8 nitrogen and oxygen atoms in total. The first-order valence-electron chi connectivity index (χ1n) is 10.4. The van der Waals surface area contributed by atoms with E-state index < -0.39 is 5.82 Å². The van der Waals surface area contributed by atoms with E-state index in [-0.39, 0.29) is 12.6 Å². The number of aromatic nitrogens is 6. The molecule has 0 aliphatic heterocycles. The third-order valence-corrected chi connectivity index (χ3v) is 5.49. The number of imidazole rings is 1. The minimum atomic E-state index is -0.461. The van der Waals surface area contributed by atoms with Crippen LogP contribution in [-0.4, -0.2) is 47.7 Å². The van der Waals surface area contributed by atoms with Crippen molar-refractivity contribution in [2.24, 2.45) is 0 Å². The maximum absolute atomic E-state index is 13.8. The topological polar surface area (TPSA) is 105 Å². The molecule has 1 atom stereocenters. The number of hydrogen-bond donors (Lipinski definition) is 3. The van der Waals surface area contributed by atoms with E-state index in [0.29, 0.717) is 34.9 Å². The molecule has 0 aliphatic carbocycles. The Morgan fingerprint density at radius 1 is 1.22 bits per heavy atom. The molecule has 4 heterocycles. The predicted molar refractivity (Wildman–Crippen MR) is 121 cm³/mol. The van der Waals surface area contributed by atoms with Gasteiger partial charge < -0.3 is 20.0 Å². The van der Waals surface area contributed by atoms with Crippen molar-refractivity contribution in [3.63, 3.8) is 0 Å². The highest BCUT2D eigenvalue weighted by atomic mass is 19.1. The van der Waals surface area contributed by atoms with Gasteiger partial charge >= 0.3 is 0 Å². The quantitative estimate of drug-likeness (QED) is 0.363. The molecule has 4 aromatic heterocycles. The van der Waals surface area contributed by atoms with Crippen molar-refractivity contribution < 1.29 is 9.50 Å². The van der Waals surface area contributed by atoms with Crippen LogP contribution in [0, 0.1) is 5.82 Å². The zero-order chi connectivity index (χ0) is 22.1. The smallest absolute Gasteiger partial charge is 0.166 e. The summed E-state index contributed by atoms with van der Waals surface area (Å²) in [5, 5.41) is 14.2. The van der Waals surface area contributed by atoms with Crippen LogP contribution in [0.5, 0.6) is 0 Å². The Balaban J connectivity index is 1.50. The van der Waals surface area contributed by atoms with Gasteiger partial charge in [0.2, 0.25) is 0 Å². The molecule has 5 aromatic rings. The summed E-state index contributed by atoms with van der Waals surface area (Å²) in [6.45, 7) is 2.43. The molecule has 3 N–H and O–H groups in total. The summed E-state index contributed by atoms with van der Waals surface area (Å²) in [4.78, 5) is 20.9. The van der Waals surface area contributed by atoms with Crippen molar-refractivity contribution in [1.29, 1.82) is 0 Å². The molecular formula is C23H22FN7O. The van der Waals surface area contributed by atoms with Crippen molar-refractivity contribution in [3.05, 3.63) is 66.6 Å². The number of H-pyrrole nitrogens is 1. The predicted octanol–water partition coefficient (Wildman–Crippen LogP) is 3.72. The minimum Gasteiger partial charge on any atom is -0.394 e. The van der Waals surface area contributed by atoms with Crippen LogP contribution in [0.1, 0.15) is 18.5 Å². The van der Waals surface area contributed by atoms with Gasteiger partial charge in [-0.3, -0.25) is 4.98 Å². The zero-order valence-electron chi connectivity index (χ0n) is 17.5. The summed E-state index contributed by atoms with van der Waals surface area (Å²) in [6, 6.07) is 9.30. The number of anilines is 1. The number of benzene rings is 1. The number of aliphatic hydroxyl groups excluding tert-OH is 1. The monoisotopic (exact) mass is 431 g/mol. The minimum absolute atomic E-state index is 0.0599. The number of halogens is 1. The number of fused-ring (bicyclic) bond motifs is 2.